The molecule has 0 spiro atoms. The van der Waals surface area contributed by atoms with Crippen LogP contribution in [-0.2, 0) is 0 Å². The largest absolute Gasteiger partial charge is 0.314 e. The van der Waals surface area contributed by atoms with Gasteiger partial charge in [-0.1, -0.05) is 46.5 Å². The summed E-state index contributed by atoms with van der Waals surface area (Å²) in [5.41, 5.74) is 0.468. The van der Waals surface area contributed by atoms with Gasteiger partial charge >= 0.3 is 0 Å². The van der Waals surface area contributed by atoms with Gasteiger partial charge in [0.05, 0.1) is 0 Å². The summed E-state index contributed by atoms with van der Waals surface area (Å²) < 4.78 is 0. The summed E-state index contributed by atoms with van der Waals surface area (Å²) in [7, 11) is 0. The van der Waals surface area contributed by atoms with E-state index < -0.39 is 0 Å². The van der Waals surface area contributed by atoms with E-state index in [0.29, 0.717) is 5.41 Å². The Labute approximate surface area is 102 Å². The minimum atomic E-state index is 0.468. The van der Waals surface area contributed by atoms with Gasteiger partial charge in [0.15, 0.2) is 0 Å². The molecule has 0 aromatic rings. The van der Waals surface area contributed by atoms with E-state index in [-0.39, 0.29) is 0 Å². The van der Waals surface area contributed by atoms with Crippen molar-refractivity contribution >= 4 is 0 Å². The number of rotatable bonds is 4. The van der Waals surface area contributed by atoms with Crippen LogP contribution >= 0.6 is 0 Å². The second kappa shape index (κ2) is 6.64. The molecule has 96 valence electrons. The number of hydrogen-bond acceptors (Lipinski definition) is 1. The normalized spacial score (nSPS) is 21.8. The fraction of sp³-hybridized carbons (Fsp3) is 1.00. The van der Waals surface area contributed by atoms with Gasteiger partial charge in [-0.15, -0.1) is 0 Å². The molecule has 16 heavy (non-hydrogen) atoms. The first-order valence-electron chi connectivity index (χ1n) is 7.22. The van der Waals surface area contributed by atoms with Crippen LogP contribution in [0.4, 0.5) is 0 Å². The lowest BCUT2D eigenvalue weighted by Crippen LogP contribution is -2.35. The standard InChI is InChI=1S/C15H31N/c1-13(16-12-11-15(2,3)4)14-9-7-5-6-8-10-14/h13-14,16H,5-12H2,1-4H3/t13-/m0/s1. The molecule has 1 aliphatic carbocycles. The van der Waals surface area contributed by atoms with Crippen LogP contribution in [0.5, 0.6) is 0 Å². The Morgan fingerprint density at radius 3 is 2.12 bits per heavy atom. The molecule has 0 radical (unpaired) electrons. The molecule has 0 aliphatic heterocycles. The van der Waals surface area contributed by atoms with Crippen LogP contribution in [0.15, 0.2) is 0 Å². The van der Waals surface area contributed by atoms with Gasteiger partial charge in [0.1, 0.15) is 0 Å². The van der Waals surface area contributed by atoms with E-state index in [9.17, 15) is 0 Å². The van der Waals surface area contributed by atoms with Crippen molar-refractivity contribution in [3.05, 3.63) is 0 Å². The fourth-order valence-electron chi connectivity index (χ4n) is 2.65. The molecule has 1 fully saturated rings. The summed E-state index contributed by atoms with van der Waals surface area (Å²) in [6.45, 7) is 10.5. The Hall–Kier alpha value is -0.0400. The van der Waals surface area contributed by atoms with Gasteiger partial charge < -0.3 is 5.32 Å². The molecular weight excluding hydrogens is 194 g/mol. The van der Waals surface area contributed by atoms with E-state index in [1.165, 1.54) is 51.5 Å². The highest BCUT2D eigenvalue weighted by atomic mass is 14.9. The highest BCUT2D eigenvalue weighted by Gasteiger charge is 2.19. The van der Waals surface area contributed by atoms with E-state index >= 15 is 0 Å². The van der Waals surface area contributed by atoms with Crippen LogP contribution in [0.3, 0.4) is 0 Å². The fourth-order valence-corrected chi connectivity index (χ4v) is 2.65. The Morgan fingerprint density at radius 1 is 1.06 bits per heavy atom. The van der Waals surface area contributed by atoms with Crippen LogP contribution in [0.25, 0.3) is 0 Å². The smallest absolute Gasteiger partial charge is 0.00670 e. The first kappa shape index (κ1) is 14.0. The van der Waals surface area contributed by atoms with E-state index in [1.54, 1.807) is 0 Å². The lowest BCUT2D eigenvalue weighted by atomic mass is 9.90. The lowest BCUT2D eigenvalue weighted by Gasteiger charge is -2.26. The average Bonchev–Trinajstić information content (AvgIpc) is 2.43. The molecule has 1 N–H and O–H groups in total. The van der Waals surface area contributed by atoms with Crippen LogP contribution in [-0.4, -0.2) is 12.6 Å². The maximum absolute atomic E-state index is 3.74. The van der Waals surface area contributed by atoms with Crippen molar-refractivity contribution in [1.82, 2.24) is 5.32 Å². The summed E-state index contributed by atoms with van der Waals surface area (Å²) in [5.74, 6) is 0.933. The van der Waals surface area contributed by atoms with Gasteiger partial charge in [-0.3, -0.25) is 0 Å². The molecule has 0 bridgehead atoms. The SMILES string of the molecule is C[C@H](NCCC(C)(C)C)C1CCCCCC1. The molecule has 1 heteroatoms. The van der Waals surface area contributed by atoms with Crippen molar-refractivity contribution in [2.75, 3.05) is 6.54 Å². The van der Waals surface area contributed by atoms with Gasteiger partial charge in [-0.2, -0.15) is 0 Å². The molecule has 0 amide bonds. The Bertz CT molecular complexity index is 172. The third-order valence-corrected chi connectivity index (χ3v) is 3.95. The first-order valence-corrected chi connectivity index (χ1v) is 7.22. The van der Waals surface area contributed by atoms with E-state index in [0.717, 1.165) is 12.0 Å². The highest BCUT2D eigenvalue weighted by molar-refractivity contribution is 4.75. The van der Waals surface area contributed by atoms with Gasteiger partial charge in [0, 0.05) is 6.04 Å². The zero-order valence-corrected chi connectivity index (χ0v) is 11.8. The first-order chi connectivity index (χ1) is 7.49. The molecule has 1 rings (SSSR count). The van der Waals surface area contributed by atoms with Crippen molar-refractivity contribution < 1.29 is 0 Å². The van der Waals surface area contributed by atoms with Crippen LogP contribution in [0.1, 0.15) is 72.6 Å². The molecule has 1 nitrogen and oxygen atoms in total. The predicted molar refractivity (Wildman–Crippen MR) is 72.7 cm³/mol. The Balaban J connectivity index is 2.20. The predicted octanol–water partition coefficient (Wildman–Crippen LogP) is 4.37. The second-order valence-electron chi connectivity index (χ2n) is 6.81. The van der Waals surface area contributed by atoms with Crippen molar-refractivity contribution in [2.45, 2.75) is 78.7 Å². The van der Waals surface area contributed by atoms with E-state index in [1.807, 2.05) is 0 Å². The molecule has 0 saturated heterocycles. The zero-order valence-electron chi connectivity index (χ0n) is 11.8. The molecule has 0 aromatic carbocycles. The Morgan fingerprint density at radius 2 is 1.62 bits per heavy atom. The summed E-state index contributed by atoms with van der Waals surface area (Å²) in [5, 5.41) is 3.74. The molecule has 0 heterocycles. The van der Waals surface area contributed by atoms with Crippen LogP contribution < -0.4 is 5.32 Å². The minimum absolute atomic E-state index is 0.468. The summed E-state index contributed by atoms with van der Waals surface area (Å²) in [6, 6.07) is 0.723. The van der Waals surface area contributed by atoms with E-state index in [4.69, 9.17) is 0 Å². The van der Waals surface area contributed by atoms with Crippen molar-refractivity contribution in [2.24, 2.45) is 11.3 Å². The number of hydrogen-bond donors (Lipinski definition) is 1. The molecule has 0 unspecified atom stereocenters. The van der Waals surface area contributed by atoms with Crippen molar-refractivity contribution in [3.8, 4) is 0 Å². The monoisotopic (exact) mass is 225 g/mol. The molecule has 1 atom stereocenters. The average molecular weight is 225 g/mol. The van der Waals surface area contributed by atoms with Gasteiger partial charge in [0.2, 0.25) is 0 Å². The van der Waals surface area contributed by atoms with Crippen molar-refractivity contribution in [1.29, 1.82) is 0 Å². The minimum Gasteiger partial charge on any atom is -0.314 e. The number of nitrogens with one attached hydrogen (secondary N) is 1. The lowest BCUT2D eigenvalue weighted by molar-refractivity contribution is 0.306. The molecule has 1 saturated carbocycles. The van der Waals surface area contributed by atoms with Crippen LogP contribution in [0.2, 0.25) is 0 Å². The second-order valence-corrected chi connectivity index (χ2v) is 6.81. The van der Waals surface area contributed by atoms with Crippen LogP contribution in [0, 0.1) is 11.3 Å². The summed E-state index contributed by atoms with van der Waals surface area (Å²) in [4.78, 5) is 0. The van der Waals surface area contributed by atoms with Gasteiger partial charge in [-0.25, -0.2) is 0 Å². The third kappa shape index (κ3) is 5.89. The maximum atomic E-state index is 3.74. The van der Waals surface area contributed by atoms with Crippen molar-refractivity contribution in [3.63, 3.8) is 0 Å². The summed E-state index contributed by atoms with van der Waals surface area (Å²) in [6.07, 6.45) is 10.0. The molecule has 1 aliphatic rings. The summed E-state index contributed by atoms with van der Waals surface area (Å²) >= 11 is 0. The highest BCUT2D eigenvalue weighted by Crippen LogP contribution is 2.25. The van der Waals surface area contributed by atoms with Gasteiger partial charge in [0.25, 0.3) is 0 Å². The zero-order chi connectivity index (χ0) is 12.0. The Kier molecular flexibility index (Phi) is 5.82. The topological polar surface area (TPSA) is 12.0 Å². The third-order valence-electron chi connectivity index (χ3n) is 3.95. The molecular formula is C15H31N. The maximum Gasteiger partial charge on any atom is 0.00670 e. The molecule has 0 aromatic heterocycles. The van der Waals surface area contributed by atoms with Gasteiger partial charge in [-0.05, 0) is 44.1 Å². The van der Waals surface area contributed by atoms with E-state index in [2.05, 4.69) is 33.0 Å². The quantitative estimate of drug-likeness (QED) is 0.701.